The van der Waals surface area contributed by atoms with Crippen molar-refractivity contribution in [3.63, 3.8) is 0 Å². The number of carbonyl (C=O) groups excluding carboxylic acids is 1. The van der Waals surface area contributed by atoms with Crippen molar-refractivity contribution in [2.75, 3.05) is 39.8 Å². The highest BCUT2D eigenvalue weighted by Crippen LogP contribution is 2.12. The molecule has 0 radical (unpaired) electrons. The molecule has 1 fully saturated rings. The summed E-state index contributed by atoms with van der Waals surface area (Å²) in [6.07, 6.45) is 2.07. The Kier molecular flexibility index (Phi) is 6.60. The molecule has 0 saturated carbocycles. The van der Waals surface area contributed by atoms with Gasteiger partial charge in [0.05, 0.1) is 13.2 Å². The van der Waals surface area contributed by atoms with Crippen molar-refractivity contribution in [3.05, 3.63) is 0 Å². The minimum atomic E-state index is 0.0638. The number of carbonyl (C=O) groups is 1. The van der Waals surface area contributed by atoms with E-state index in [2.05, 4.69) is 24.1 Å². The maximum absolute atomic E-state index is 11.8. The first-order chi connectivity index (χ1) is 8.52. The van der Waals surface area contributed by atoms with E-state index in [-0.39, 0.29) is 12.5 Å². The second-order valence-electron chi connectivity index (χ2n) is 5.43. The summed E-state index contributed by atoms with van der Waals surface area (Å²) in [4.78, 5) is 16.0. The first-order valence-electron chi connectivity index (χ1n) is 6.85. The monoisotopic (exact) mass is 257 g/mol. The molecule has 0 aliphatic carbocycles. The lowest BCUT2D eigenvalue weighted by atomic mass is 10.0. The first-order valence-corrected chi connectivity index (χ1v) is 6.85. The standard InChI is InChI=1S/C13H27N3O2/c1-11(2)16-6-4-12(5-7-16)14-13(18)10-15(3)8-9-17/h11-12,17H,4-10H2,1-3H3,(H,14,18). The second-order valence-corrected chi connectivity index (χ2v) is 5.43. The fraction of sp³-hybridized carbons (Fsp3) is 0.923. The number of likely N-dealkylation sites (N-methyl/N-ethyl adjacent to an activating group) is 1. The van der Waals surface area contributed by atoms with Crippen LogP contribution in [0, 0.1) is 0 Å². The highest BCUT2D eigenvalue weighted by Gasteiger charge is 2.22. The molecule has 1 saturated heterocycles. The molecule has 1 aliphatic heterocycles. The van der Waals surface area contributed by atoms with Crippen molar-refractivity contribution < 1.29 is 9.90 Å². The van der Waals surface area contributed by atoms with E-state index in [1.807, 2.05) is 11.9 Å². The molecule has 1 heterocycles. The molecule has 0 bridgehead atoms. The highest BCUT2D eigenvalue weighted by atomic mass is 16.3. The predicted molar refractivity (Wildman–Crippen MR) is 72.5 cm³/mol. The van der Waals surface area contributed by atoms with Gasteiger partial charge in [-0.15, -0.1) is 0 Å². The molecule has 2 N–H and O–H groups in total. The first kappa shape index (κ1) is 15.4. The summed E-state index contributed by atoms with van der Waals surface area (Å²) in [6.45, 7) is 7.55. The van der Waals surface area contributed by atoms with E-state index in [4.69, 9.17) is 5.11 Å². The third-order valence-corrected chi connectivity index (χ3v) is 3.52. The van der Waals surface area contributed by atoms with Crippen LogP contribution in [0.4, 0.5) is 0 Å². The summed E-state index contributed by atoms with van der Waals surface area (Å²) >= 11 is 0. The van der Waals surface area contributed by atoms with E-state index in [1.54, 1.807) is 0 Å². The van der Waals surface area contributed by atoms with Crippen LogP contribution in [0.2, 0.25) is 0 Å². The van der Waals surface area contributed by atoms with Crippen molar-refractivity contribution in [2.24, 2.45) is 0 Å². The van der Waals surface area contributed by atoms with Crippen LogP contribution >= 0.6 is 0 Å². The number of nitrogens with zero attached hydrogens (tertiary/aromatic N) is 2. The van der Waals surface area contributed by atoms with Gasteiger partial charge in [0.25, 0.3) is 0 Å². The average Bonchev–Trinajstić information content (AvgIpc) is 2.29. The Morgan fingerprint density at radius 3 is 2.56 bits per heavy atom. The fourth-order valence-corrected chi connectivity index (χ4v) is 2.33. The number of nitrogens with one attached hydrogen (secondary N) is 1. The number of likely N-dealkylation sites (tertiary alicyclic amines) is 1. The van der Waals surface area contributed by atoms with Crippen LogP contribution in [0.25, 0.3) is 0 Å². The van der Waals surface area contributed by atoms with Gasteiger partial charge in [0.15, 0.2) is 0 Å². The molecule has 0 aromatic heterocycles. The molecule has 5 heteroatoms. The number of aliphatic hydroxyl groups is 1. The van der Waals surface area contributed by atoms with Crippen LogP contribution < -0.4 is 5.32 Å². The third kappa shape index (κ3) is 5.33. The lowest BCUT2D eigenvalue weighted by Gasteiger charge is -2.35. The minimum absolute atomic E-state index is 0.0638. The molecule has 1 amide bonds. The third-order valence-electron chi connectivity index (χ3n) is 3.52. The van der Waals surface area contributed by atoms with Crippen LogP contribution in [0.3, 0.4) is 0 Å². The molecule has 0 aromatic rings. The van der Waals surface area contributed by atoms with Crippen LogP contribution in [-0.4, -0.2) is 72.7 Å². The van der Waals surface area contributed by atoms with Gasteiger partial charge < -0.3 is 15.3 Å². The van der Waals surface area contributed by atoms with Crippen LogP contribution in [0.1, 0.15) is 26.7 Å². The normalized spacial score (nSPS) is 18.6. The average molecular weight is 257 g/mol. The second kappa shape index (κ2) is 7.71. The number of piperidine rings is 1. The van der Waals surface area contributed by atoms with Gasteiger partial charge in [-0.05, 0) is 33.7 Å². The Morgan fingerprint density at radius 1 is 1.44 bits per heavy atom. The van der Waals surface area contributed by atoms with E-state index in [1.165, 1.54) is 0 Å². The minimum Gasteiger partial charge on any atom is -0.395 e. The number of rotatable bonds is 6. The van der Waals surface area contributed by atoms with Crippen LogP contribution in [-0.2, 0) is 4.79 Å². The summed E-state index contributed by atoms with van der Waals surface area (Å²) in [5.41, 5.74) is 0. The van der Waals surface area contributed by atoms with Gasteiger partial charge in [-0.25, -0.2) is 0 Å². The van der Waals surface area contributed by atoms with E-state index < -0.39 is 0 Å². The Morgan fingerprint density at radius 2 is 2.06 bits per heavy atom. The van der Waals surface area contributed by atoms with Crippen molar-refractivity contribution in [2.45, 2.75) is 38.8 Å². The smallest absolute Gasteiger partial charge is 0.234 e. The topological polar surface area (TPSA) is 55.8 Å². The quantitative estimate of drug-likeness (QED) is 0.698. The molecular weight excluding hydrogens is 230 g/mol. The predicted octanol–water partition coefficient (Wildman–Crippen LogP) is -0.100. The maximum Gasteiger partial charge on any atom is 0.234 e. The largest absolute Gasteiger partial charge is 0.395 e. The molecule has 18 heavy (non-hydrogen) atoms. The number of aliphatic hydroxyl groups excluding tert-OH is 1. The zero-order valence-electron chi connectivity index (χ0n) is 11.9. The molecular formula is C13H27N3O2. The van der Waals surface area contributed by atoms with Gasteiger partial charge in [0.1, 0.15) is 0 Å². The van der Waals surface area contributed by atoms with Crippen molar-refractivity contribution in [1.82, 2.24) is 15.1 Å². The van der Waals surface area contributed by atoms with Crippen molar-refractivity contribution in [1.29, 1.82) is 0 Å². The van der Waals surface area contributed by atoms with Gasteiger partial charge in [0.2, 0.25) is 5.91 Å². The molecule has 0 spiro atoms. The summed E-state index contributed by atoms with van der Waals surface area (Å²) in [5, 5.41) is 11.9. The van der Waals surface area contributed by atoms with Gasteiger partial charge in [-0.2, -0.15) is 0 Å². The van der Waals surface area contributed by atoms with Gasteiger partial charge in [-0.1, -0.05) is 0 Å². The number of hydrogen-bond donors (Lipinski definition) is 2. The van der Waals surface area contributed by atoms with E-state index >= 15 is 0 Å². The maximum atomic E-state index is 11.8. The lowest BCUT2D eigenvalue weighted by Crippen LogP contribution is -2.48. The van der Waals surface area contributed by atoms with Gasteiger partial charge in [-0.3, -0.25) is 9.69 Å². The van der Waals surface area contributed by atoms with Gasteiger partial charge in [0, 0.05) is 31.7 Å². The zero-order valence-corrected chi connectivity index (χ0v) is 11.9. The molecule has 1 aliphatic rings. The molecule has 106 valence electrons. The van der Waals surface area contributed by atoms with Crippen LogP contribution in [0.15, 0.2) is 0 Å². The Balaban J connectivity index is 2.22. The Hall–Kier alpha value is -0.650. The Bertz CT molecular complexity index is 251. The summed E-state index contributed by atoms with van der Waals surface area (Å²) in [7, 11) is 1.84. The summed E-state index contributed by atoms with van der Waals surface area (Å²) < 4.78 is 0. The van der Waals surface area contributed by atoms with Crippen molar-refractivity contribution in [3.8, 4) is 0 Å². The van der Waals surface area contributed by atoms with E-state index in [0.29, 0.717) is 25.2 Å². The lowest BCUT2D eigenvalue weighted by molar-refractivity contribution is -0.123. The molecule has 0 atom stereocenters. The fourth-order valence-electron chi connectivity index (χ4n) is 2.33. The molecule has 0 unspecified atom stereocenters. The van der Waals surface area contributed by atoms with Crippen LogP contribution in [0.5, 0.6) is 0 Å². The zero-order chi connectivity index (χ0) is 13.5. The summed E-state index contributed by atoms with van der Waals surface area (Å²) in [5.74, 6) is 0.0638. The molecule has 5 nitrogen and oxygen atoms in total. The molecule has 0 aromatic carbocycles. The number of hydrogen-bond acceptors (Lipinski definition) is 4. The summed E-state index contributed by atoms with van der Waals surface area (Å²) in [6, 6.07) is 0.910. The molecule has 1 rings (SSSR count). The van der Waals surface area contributed by atoms with Crippen molar-refractivity contribution >= 4 is 5.91 Å². The van der Waals surface area contributed by atoms with E-state index in [0.717, 1.165) is 25.9 Å². The Labute approximate surface area is 110 Å². The highest BCUT2D eigenvalue weighted by molar-refractivity contribution is 5.78. The number of amides is 1. The SMILES string of the molecule is CC(C)N1CCC(NC(=O)CN(C)CCO)CC1. The van der Waals surface area contributed by atoms with Gasteiger partial charge >= 0.3 is 0 Å². The van der Waals surface area contributed by atoms with E-state index in [9.17, 15) is 4.79 Å².